The number of nitrogen functional groups attached to an aromatic ring is 1. The third-order valence-electron chi connectivity index (χ3n) is 3.26. The molecule has 21 heavy (non-hydrogen) atoms. The largest absolute Gasteiger partial charge is 0.497 e. The molecule has 0 aliphatic carbocycles. The van der Waals surface area contributed by atoms with Gasteiger partial charge in [0.25, 0.3) is 5.91 Å². The summed E-state index contributed by atoms with van der Waals surface area (Å²) in [5.74, 6) is 0.363. The first-order valence-corrected chi connectivity index (χ1v) is 6.98. The van der Waals surface area contributed by atoms with Gasteiger partial charge >= 0.3 is 0 Å². The van der Waals surface area contributed by atoms with Crippen molar-refractivity contribution in [2.24, 2.45) is 0 Å². The Morgan fingerprint density at radius 3 is 2.52 bits per heavy atom. The predicted octanol–water partition coefficient (Wildman–Crippen LogP) is 3.48. The van der Waals surface area contributed by atoms with Crippen molar-refractivity contribution in [1.29, 1.82) is 0 Å². The minimum atomic E-state index is -0.241. The molecule has 4 nitrogen and oxygen atoms in total. The third kappa shape index (κ3) is 3.75. The van der Waals surface area contributed by atoms with Crippen LogP contribution in [0.1, 0.15) is 29.3 Å². The van der Waals surface area contributed by atoms with Gasteiger partial charge in [-0.3, -0.25) is 4.79 Å². The Balaban J connectivity index is 2.14. The van der Waals surface area contributed by atoms with E-state index in [0.29, 0.717) is 17.0 Å². The van der Waals surface area contributed by atoms with E-state index in [9.17, 15) is 4.79 Å². The van der Waals surface area contributed by atoms with Crippen LogP contribution in [0.15, 0.2) is 42.5 Å². The van der Waals surface area contributed by atoms with Crippen LogP contribution in [0.2, 0.25) is 0 Å². The number of aryl methyl sites for hydroxylation is 1. The first-order chi connectivity index (χ1) is 10.1. The van der Waals surface area contributed by atoms with Crippen molar-refractivity contribution in [2.75, 3.05) is 18.2 Å². The average molecular weight is 284 g/mol. The summed E-state index contributed by atoms with van der Waals surface area (Å²) in [7, 11) is 1.56. The van der Waals surface area contributed by atoms with E-state index in [1.54, 1.807) is 25.3 Å². The van der Waals surface area contributed by atoms with E-state index < -0.39 is 0 Å². The summed E-state index contributed by atoms with van der Waals surface area (Å²) < 4.78 is 5.12. The van der Waals surface area contributed by atoms with Gasteiger partial charge in [-0.1, -0.05) is 25.5 Å². The fourth-order valence-electron chi connectivity index (χ4n) is 2.10. The van der Waals surface area contributed by atoms with E-state index in [-0.39, 0.29) is 5.91 Å². The number of benzene rings is 2. The molecule has 3 N–H and O–H groups in total. The highest BCUT2D eigenvalue weighted by molar-refractivity contribution is 6.08. The van der Waals surface area contributed by atoms with Crippen LogP contribution in [0.4, 0.5) is 11.4 Å². The van der Waals surface area contributed by atoms with E-state index >= 15 is 0 Å². The van der Waals surface area contributed by atoms with Crippen molar-refractivity contribution in [3.63, 3.8) is 0 Å². The maximum atomic E-state index is 12.3. The number of anilines is 2. The molecular formula is C17H20N2O2. The van der Waals surface area contributed by atoms with Gasteiger partial charge in [-0.2, -0.15) is 0 Å². The first kappa shape index (κ1) is 14.9. The summed E-state index contributed by atoms with van der Waals surface area (Å²) in [6, 6.07) is 12.9. The Bertz CT molecular complexity index is 621. The molecule has 0 bridgehead atoms. The molecule has 0 fully saturated rings. The SMILES string of the molecule is CCCc1ccc(NC(=O)c2cc(OC)ccc2N)cc1. The molecule has 0 radical (unpaired) electrons. The summed E-state index contributed by atoms with van der Waals surface area (Å²) in [5, 5.41) is 2.85. The van der Waals surface area contributed by atoms with Gasteiger partial charge in [0, 0.05) is 11.4 Å². The van der Waals surface area contributed by atoms with Crippen LogP contribution in [0.3, 0.4) is 0 Å². The van der Waals surface area contributed by atoms with Crippen LogP contribution >= 0.6 is 0 Å². The summed E-state index contributed by atoms with van der Waals surface area (Å²) in [5.41, 5.74) is 8.69. The normalized spacial score (nSPS) is 10.2. The smallest absolute Gasteiger partial charge is 0.257 e. The molecular weight excluding hydrogens is 264 g/mol. The van der Waals surface area contributed by atoms with Gasteiger partial charge in [-0.15, -0.1) is 0 Å². The highest BCUT2D eigenvalue weighted by atomic mass is 16.5. The Hall–Kier alpha value is -2.49. The van der Waals surface area contributed by atoms with Crippen LogP contribution in [0, 0.1) is 0 Å². The molecule has 0 atom stereocenters. The zero-order chi connectivity index (χ0) is 15.2. The van der Waals surface area contributed by atoms with Gasteiger partial charge < -0.3 is 15.8 Å². The number of nitrogens with one attached hydrogen (secondary N) is 1. The van der Waals surface area contributed by atoms with E-state index in [0.717, 1.165) is 18.5 Å². The summed E-state index contributed by atoms with van der Waals surface area (Å²) in [6.07, 6.45) is 2.14. The molecule has 0 saturated heterocycles. The number of carbonyl (C=O) groups excluding carboxylic acids is 1. The minimum Gasteiger partial charge on any atom is -0.497 e. The fourth-order valence-corrected chi connectivity index (χ4v) is 2.10. The van der Waals surface area contributed by atoms with Gasteiger partial charge in [0.2, 0.25) is 0 Å². The van der Waals surface area contributed by atoms with Gasteiger partial charge in [-0.05, 0) is 42.3 Å². The van der Waals surface area contributed by atoms with Gasteiger partial charge in [0.15, 0.2) is 0 Å². The second-order valence-corrected chi connectivity index (χ2v) is 4.85. The Morgan fingerprint density at radius 2 is 1.90 bits per heavy atom. The second-order valence-electron chi connectivity index (χ2n) is 4.85. The van der Waals surface area contributed by atoms with Crippen molar-refractivity contribution in [3.8, 4) is 5.75 Å². The lowest BCUT2D eigenvalue weighted by molar-refractivity contribution is 0.102. The topological polar surface area (TPSA) is 64.3 Å². The second kappa shape index (κ2) is 6.79. The zero-order valence-corrected chi connectivity index (χ0v) is 12.3. The predicted molar refractivity (Wildman–Crippen MR) is 85.8 cm³/mol. The Labute approximate surface area is 124 Å². The highest BCUT2D eigenvalue weighted by Crippen LogP contribution is 2.21. The fraction of sp³-hybridized carbons (Fsp3) is 0.235. The monoisotopic (exact) mass is 284 g/mol. The molecule has 0 aromatic heterocycles. The molecule has 0 aliphatic rings. The van der Waals surface area contributed by atoms with Gasteiger partial charge in [0.1, 0.15) is 5.75 Å². The number of hydrogen-bond acceptors (Lipinski definition) is 3. The Morgan fingerprint density at radius 1 is 1.19 bits per heavy atom. The van der Waals surface area contributed by atoms with Gasteiger partial charge in [-0.25, -0.2) is 0 Å². The zero-order valence-electron chi connectivity index (χ0n) is 12.3. The number of rotatable bonds is 5. The average Bonchev–Trinajstić information content (AvgIpc) is 2.50. The summed E-state index contributed by atoms with van der Waals surface area (Å²) in [6.45, 7) is 2.14. The number of nitrogens with two attached hydrogens (primary N) is 1. The number of amides is 1. The number of methoxy groups -OCH3 is 1. The molecule has 1 amide bonds. The maximum Gasteiger partial charge on any atom is 0.257 e. The maximum absolute atomic E-state index is 12.3. The highest BCUT2D eigenvalue weighted by Gasteiger charge is 2.11. The van der Waals surface area contributed by atoms with Crippen LogP contribution in [0.5, 0.6) is 5.75 Å². The molecule has 2 aromatic carbocycles. The van der Waals surface area contributed by atoms with Crippen molar-refractivity contribution in [3.05, 3.63) is 53.6 Å². The quantitative estimate of drug-likeness (QED) is 0.826. The number of carbonyl (C=O) groups is 1. The third-order valence-corrected chi connectivity index (χ3v) is 3.26. The van der Waals surface area contributed by atoms with E-state index in [1.165, 1.54) is 5.56 Å². The van der Waals surface area contributed by atoms with Crippen LogP contribution in [-0.4, -0.2) is 13.0 Å². The van der Waals surface area contributed by atoms with Gasteiger partial charge in [0.05, 0.1) is 12.7 Å². The lowest BCUT2D eigenvalue weighted by Crippen LogP contribution is -2.14. The molecule has 110 valence electrons. The van der Waals surface area contributed by atoms with E-state index in [1.807, 2.05) is 24.3 Å². The standard InChI is InChI=1S/C17H20N2O2/c1-3-4-12-5-7-13(8-6-12)19-17(20)15-11-14(21-2)9-10-16(15)18/h5-11H,3-4,18H2,1-2H3,(H,19,20). The molecule has 4 heteroatoms. The van der Waals surface area contributed by atoms with Crippen molar-refractivity contribution in [2.45, 2.75) is 19.8 Å². The molecule has 0 unspecified atom stereocenters. The number of ether oxygens (including phenoxy) is 1. The van der Waals surface area contributed by atoms with Crippen molar-refractivity contribution in [1.82, 2.24) is 0 Å². The summed E-state index contributed by atoms with van der Waals surface area (Å²) in [4.78, 5) is 12.3. The molecule has 2 aromatic rings. The first-order valence-electron chi connectivity index (χ1n) is 6.98. The van der Waals surface area contributed by atoms with Crippen LogP contribution in [-0.2, 0) is 6.42 Å². The van der Waals surface area contributed by atoms with Crippen LogP contribution < -0.4 is 15.8 Å². The van der Waals surface area contributed by atoms with E-state index in [4.69, 9.17) is 10.5 Å². The molecule has 0 heterocycles. The van der Waals surface area contributed by atoms with Crippen molar-refractivity contribution < 1.29 is 9.53 Å². The lowest BCUT2D eigenvalue weighted by Gasteiger charge is -2.09. The molecule has 0 spiro atoms. The number of hydrogen-bond donors (Lipinski definition) is 2. The molecule has 0 saturated carbocycles. The minimum absolute atomic E-state index is 0.241. The molecule has 0 aliphatic heterocycles. The Kier molecular flexibility index (Phi) is 4.82. The lowest BCUT2D eigenvalue weighted by atomic mass is 10.1. The molecule has 2 rings (SSSR count). The van der Waals surface area contributed by atoms with Crippen molar-refractivity contribution >= 4 is 17.3 Å². The van der Waals surface area contributed by atoms with E-state index in [2.05, 4.69) is 12.2 Å². The van der Waals surface area contributed by atoms with Crippen LogP contribution in [0.25, 0.3) is 0 Å². The summed E-state index contributed by atoms with van der Waals surface area (Å²) >= 11 is 0.